The summed E-state index contributed by atoms with van der Waals surface area (Å²) < 4.78 is 26.8. The number of aromatic nitrogens is 1. The number of nitrogens with zero attached hydrogens (tertiary/aromatic N) is 1. The zero-order valence-corrected chi connectivity index (χ0v) is 15.4. The molecular weight excluding hydrogens is 374 g/mol. The number of hydrogen-bond acceptors (Lipinski definition) is 4. The quantitative estimate of drug-likeness (QED) is 0.601. The Morgan fingerprint density at radius 3 is 2.77 bits per heavy atom. The first-order valence-electron chi connectivity index (χ1n) is 7.92. The van der Waals surface area contributed by atoms with Crippen LogP contribution in [-0.4, -0.2) is 10.9 Å². The Balaban J connectivity index is 1.49. The van der Waals surface area contributed by atoms with Gasteiger partial charge in [0.1, 0.15) is 16.6 Å². The molecular formula is C19H16F2N2OS2. The third kappa shape index (κ3) is 5.37. The van der Waals surface area contributed by atoms with Crippen LogP contribution >= 0.6 is 23.1 Å². The summed E-state index contributed by atoms with van der Waals surface area (Å²) >= 11 is 2.57. The molecule has 0 aliphatic rings. The van der Waals surface area contributed by atoms with Crippen LogP contribution in [0.4, 0.5) is 8.78 Å². The largest absolute Gasteiger partial charge is 0.352 e. The Morgan fingerprint density at radius 1 is 1.15 bits per heavy atom. The van der Waals surface area contributed by atoms with E-state index >= 15 is 0 Å². The molecule has 0 aliphatic heterocycles. The minimum absolute atomic E-state index is 0.0985. The van der Waals surface area contributed by atoms with E-state index in [1.807, 2.05) is 35.7 Å². The summed E-state index contributed by atoms with van der Waals surface area (Å²) in [6.07, 6.45) is 0.205. The van der Waals surface area contributed by atoms with Crippen molar-refractivity contribution < 1.29 is 13.6 Å². The molecule has 1 heterocycles. The molecule has 26 heavy (non-hydrogen) atoms. The average molecular weight is 390 g/mol. The topological polar surface area (TPSA) is 42.0 Å². The standard InChI is InChI=1S/C19H16F2N2OS2/c20-14-6-7-16(21)17(8-14)25-11-15-12-26-19(23-15)9-18(24)22-10-13-4-2-1-3-5-13/h1-8,12H,9-11H2,(H,22,24). The van der Waals surface area contributed by atoms with Gasteiger partial charge in [-0.3, -0.25) is 4.79 Å². The van der Waals surface area contributed by atoms with Crippen LogP contribution in [-0.2, 0) is 23.5 Å². The molecule has 0 spiro atoms. The third-order valence-corrected chi connectivity index (χ3v) is 5.47. The van der Waals surface area contributed by atoms with E-state index in [2.05, 4.69) is 10.3 Å². The molecule has 3 aromatic rings. The van der Waals surface area contributed by atoms with Gasteiger partial charge in [-0.25, -0.2) is 13.8 Å². The van der Waals surface area contributed by atoms with Crippen LogP contribution in [0.25, 0.3) is 0 Å². The molecule has 0 aliphatic carbocycles. The SMILES string of the molecule is O=C(Cc1nc(CSc2cc(F)ccc2F)cs1)NCc1ccccc1. The molecule has 0 bridgehead atoms. The minimum atomic E-state index is -0.469. The summed E-state index contributed by atoms with van der Waals surface area (Å²) in [6, 6.07) is 13.0. The Kier molecular flexibility index (Phi) is 6.35. The van der Waals surface area contributed by atoms with E-state index in [-0.39, 0.29) is 17.2 Å². The van der Waals surface area contributed by atoms with E-state index < -0.39 is 11.6 Å². The second kappa shape index (κ2) is 8.91. The van der Waals surface area contributed by atoms with E-state index in [1.54, 1.807) is 0 Å². The van der Waals surface area contributed by atoms with Crippen molar-refractivity contribution in [2.45, 2.75) is 23.6 Å². The van der Waals surface area contributed by atoms with E-state index in [9.17, 15) is 13.6 Å². The number of rotatable bonds is 7. The summed E-state index contributed by atoms with van der Waals surface area (Å²) in [4.78, 5) is 16.7. The van der Waals surface area contributed by atoms with Gasteiger partial charge in [0.2, 0.25) is 5.91 Å². The first-order chi connectivity index (χ1) is 12.6. The smallest absolute Gasteiger partial charge is 0.227 e. The molecule has 134 valence electrons. The van der Waals surface area contributed by atoms with Crippen LogP contribution in [0, 0.1) is 11.6 Å². The fourth-order valence-electron chi connectivity index (χ4n) is 2.23. The normalized spacial score (nSPS) is 10.7. The maximum absolute atomic E-state index is 13.6. The van der Waals surface area contributed by atoms with E-state index in [1.165, 1.54) is 29.2 Å². The maximum atomic E-state index is 13.6. The molecule has 0 saturated carbocycles. The van der Waals surface area contributed by atoms with Gasteiger partial charge in [-0.2, -0.15) is 0 Å². The number of amides is 1. The second-order valence-electron chi connectivity index (χ2n) is 5.54. The zero-order chi connectivity index (χ0) is 18.4. The first kappa shape index (κ1) is 18.5. The second-order valence-corrected chi connectivity index (χ2v) is 7.49. The molecule has 0 atom stereocenters. The summed E-state index contributed by atoms with van der Waals surface area (Å²) in [7, 11) is 0. The third-order valence-electron chi connectivity index (χ3n) is 3.51. The zero-order valence-electron chi connectivity index (χ0n) is 13.7. The lowest BCUT2D eigenvalue weighted by Gasteiger charge is -2.04. The van der Waals surface area contributed by atoms with Crippen molar-refractivity contribution in [3.63, 3.8) is 0 Å². The highest BCUT2D eigenvalue weighted by atomic mass is 32.2. The number of carbonyl (C=O) groups is 1. The highest BCUT2D eigenvalue weighted by molar-refractivity contribution is 7.98. The van der Waals surface area contributed by atoms with Gasteiger partial charge in [-0.15, -0.1) is 23.1 Å². The first-order valence-corrected chi connectivity index (χ1v) is 9.78. The fraction of sp³-hybridized carbons (Fsp3) is 0.158. The lowest BCUT2D eigenvalue weighted by atomic mass is 10.2. The van der Waals surface area contributed by atoms with Crippen molar-refractivity contribution in [1.29, 1.82) is 0 Å². The van der Waals surface area contributed by atoms with E-state index in [0.29, 0.717) is 17.3 Å². The van der Waals surface area contributed by atoms with Gasteiger partial charge in [0.15, 0.2) is 0 Å². The molecule has 1 amide bonds. The van der Waals surface area contributed by atoms with E-state index in [0.717, 1.165) is 23.4 Å². The Bertz CT molecular complexity index is 884. The fourth-order valence-corrected chi connectivity index (χ4v) is 3.98. The Morgan fingerprint density at radius 2 is 1.96 bits per heavy atom. The number of nitrogens with one attached hydrogen (secondary N) is 1. The lowest BCUT2D eigenvalue weighted by molar-refractivity contribution is -0.120. The van der Waals surface area contributed by atoms with Crippen LogP contribution < -0.4 is 5.32 Å². The molecule has 0 saturated heterocycles. The summed E-state index contributed by atoms with van der Waals surface area (Å²) in [5.41, 5.74) is 1.78. The van der Waals surface area contributed by atoms with Gasteiger partial charge in [0.05, 0.1) is 12.1 Å². The van der Waals surface area contributed by atoms with Crippen LogP contribution in [0.1, 0.15) is 16.3 Å². The van der Waals surface area contributed by atoms with E-state index in [4.69, 9.17) is 0 Å². The summed E-state index contributed by atoms with van der Waals surface area (Å²) in [5, 5.41) is 5.40. The molecule has 1 N–H and O–H groups in total. The van der Waals surface area contributed by atoms with Crippen molar-refractivity contribution in [1.82, 2.24) is 10.3 Å². The highest BCUT2D eigenvalue weighted by Crippen LogP contribution is 2.26. The van der Waals surface area contributed by atoms with Crippen LogP contribution in [0.2, 0.25) is 0 Å². The van der Waals surface area contributed by atoms with Crippen molar-refractivity contribution in [3.05, 3.63) is 81.8 Å². The Hall–Kier alpha value is -2.25. The van der Waals surface area contributed by atoms with Crippen molar-refractivity contribution >= 4 is 29.0 Å². The molecule has 0 fully saturated rings. The molecule has 3 nitrogen and oxygen atoms in total. The maximum Gasteiger partial charge on any atom is 0.227 e. The van der Waals surface area contributed by atoms with Gasteiger partial charge < -0.3 is 5.32 Å². The molecule has 2 aromatic carbocycles. The minimum Gasteiger partial charge on any atom is -0.352 e. The van der Waals surface area contributed by atoms with Gasteiger partial charge in [-0.05, 0) is 23.8 Å². The monoisotopic (exact) mass is 390 g/mol. The Labute approximate surface area is 158 Å². The number of benzene rings is 2. The molecule has 7 heteroatoms. The molecule has 3 rings (SSSR count). The lowest BCUT2D eigenvalue weighted by Crippen LogP contribution is -2.24. The van der Waals surface area contributed by atoms with Crippen LogP contribution in [0.5, 0.6) is 0 Å². The molecule has 0 unspecified atom stereocenters. The number of carbonyl (C=O) groups excluding carboxylic acids is 1. The summed E-state index contributed by atoms with van der Waals surface area (Å²) in [6.45, 7) is 0.479. The van der Waals surface area contributed by atoms with Gasteiger partial charge in [0.25, 0.3) is 0 Å². The van der Waals surface area contributed by atoms with Crippen molar-refractivity contribution in [3.8, 4) is 0 Å². The molecule has 0 radical (unpaired) electrons. The number of thioether (sulfide) groups is 1. The highest BCUT2D eigenvalue weighted by Gasteiger charge is 2.10. The number of thiazole rings is 1. The van der Waals surface area contributed by atoms with Gasteiger partial charge in [-0.1, -0.05) is 30.3 Å². The number of halogens is 2. The van der Waals surface area contributed by atoms with Gasteiger partial charge in [0, 0.05) is 22.6 Å². The predicted molar refractivity (Wildman–Crippen MR) is 100 cm³/mol. The predicted octanol–water partition coefficient (Wildman–Crippen LogP) is 4.57. The van der Waals surface area contributed by atoms with Crippen molar-refractivity contribution in [2.75, 3.05) is 0 Å². The van der Waals surface area contributed by atoms with Gasteiger partial charge >= 0.3 is 0 Å². The average Bonchev–Trinajstić information content (AvgIpc) is 3.09. The molecule has 1 aromatic heterocycles. The number of hydrogen-bond donors (Lipinski definition) is 1. The van der Waals surface area contributed by atoms with Crippen molar-refractivity contribution in [2.24, 2.45) is 0 Å². The van der Waals surface area contributed by atoms with Crippen LogP contribution in [0.15, 0.2) is 58.8 Å². The summed E-state index contributed by atoms with van der Waals surface area (Å²) in [5.74, 6) is -0.601. The van der Waals surface area contributed by atoms with Crippen LogP contribution in [0.3, 0.4) is 0 Å².